The van der Waals surface area contributed by atoms with Gasteiger partial charge in [0.05, 0.1) is 0 Å². The van der Waals surface area contributed by atoms with E-state index in [1.165, 1.54) is 0 Å². The van der Waals surface area contributed by atoms with Gasteiger partial charge in [-0.05, 0) is 5.56 Å². The molecule has 0 saturated carbocycles. The molecule has 0 radical (unpaired) electrons. The summed E-state index contributed by atoms with van der Waals surface area (Å²) in [7, 11) is 0. The maximum absolute atomic E-state index is 13.4. The van der Waals surface area contributed by atoms with Gasteiger partial charge in [0.1, 0.15) is 0 Å². The van der Waals surface area contributed by atoms with Crippen LogP contribution in [0.2, 0.25) is 0 Å². The van der Waals surface area contributed by atoms with Gasteiger partial charge in [-0.2, -0.15) is 39.5 Å². The van der Waals surface area contributed by atoms with Crippen molar-refractivity contribution in [3.63, 3.8) is 0 Å². The van der Waals surface area contributed by atoms with Gasteiger partial charge >= 0.3 is 23.9 Å². The second-order valence-electron chi connectivity index (χ2n) is 4.05. The van der Waals surface area contributed by atoms with E-state index in [1.54, 1.807) is 0 Å². The van der Waals surface area contributed by atoms with Gasteiger partial charge in [0.25, 0.3) is 0 Å². The van der Waals surface area contributed by atoms with Crippen molar-refractivity contribution < 1.29 is 39.5 Å². The maximum Gasteiger partial charge on any atom is 0.460 e. The number of hydrogen-bond donors (Lipinski definition) is 0. The highest BCUT2D eigenvalue weighted by Crippen LogP contribution is 2.56. The molecule has 0 aromatic heterocycles. The van der Waals surface area contributed by atoms with Crippen LogP contribution in [-0.4, -0.2) is 18.0 Å². The number of benzene rings is 1. The molecule has 0 fully saturated rings. The van der Waals surface area contributed by atoms with Crippen molar-refractivity contribution in [2.24, 2.45) is 0 Å². The average Bonchev–Trinajstić information content (AvgIpc) is 2.37. The van der Waals surface area contributed by atoms with Gasteiger partial charge in [-0.25, -0.2) is 0 Å². The van der Waals surface area contributed by atoms with E-state index in [-0.39, 0.29) is 5.56 Å². The molecule has 1 rings (SSSR count). The molecule has 118 valence electrons. The molecule has 0 unspecified atom stereocenters. The van der Waals surface area contributed by atoms with E-state index >= 15 is 0 Å². The van der Waals surface area contributed by atoms with Gasteiger partial charge in [0.2, 0.25) is 0 Å². The minimum absolute atomic E-state index is 0.195. The second kappa shape index (κ2) is 4.96. The Balaban J connectivity index is 3.35. The number of halogens is 9. The Kier molecular flexibility index (Phi) is 4.10. The van der Waals surface area contributed by atoms with Crippen LogP contribution in [0.1, 0.15) is 11.1 Å². The summed E-state index contributed by atoms with van der Waals surface area (Å²) in [6.07, 6.45) is -5.68. The van der Waals surface area contributed by atoms with Crippen LogP contribution in [-0.2, 0) is 5.92 Å². The first kappa shape index (κ1) is 17.4. The Bertz CT molecular complexity index is 511. The molecule has 0 aliphatic rings. The monoisotopic (exact) mass is 322 g/mol. The molecule has 0 aliphatic carbocycles. The van der Waals surface area contributed by atoms with Crippen molar-refractivity contribution in [2.45, 2.75) is 23.9 Å². The first-order valence-corrected chi connectivity index (χ1v) is 5.22. The zero-order chi connectivity index (χ0) is 16.7. The van der Waals surface area contributed by atoms with Crippen molar-refractivity contribution in [3.8, 4) is 0 Å². The summed E-state index contributed by atoms with van der Waals surface area (Å²) in [5.41, 5.74) is -1.47. The molecule has 1 aromatic carbocycles. The van der Waals surface area contributed by atoms with E-state index in [0.717, 1.165) is 18.2 Å². The van der Waals surface area contributed by atoms with Crippen LogP contribution < -0.4 is 0 Å². The SMILES string of the molecule is C=Cc1ccc(C(F)(F)C(F)(F)C(F)(F)C(F)(F)F)cc1. The summed E-state index contributed by atoms with van der Waals surface area (Å²) in [5.74, 6) is -19.2. The molecule has 0 aliphatic heterocycles. The van der Waals surface area contributed by atoms with Gasteiger partial charge in [0.15, 0.2) is 0 Å². The number of hydrogen-bond acceptors (Lipinski definition) is 0. The Morgan fingerprint density at radius 1 is 0.714 bits per heavy atom. The standard InChI is InChI=1S/C12H7F9/c1-2-7-3-5-8(6-4-7)9(13,14)10(15,16)11(17,18)12(19,20)21/h2-6H,1H2. The van der Waals surface area contributed by atoms with Gasteiger partial charge in [-0.1, -0.05) is 36.9 Å². The van der Waals surface area contributed by atoms with Crippen molar-refractivity contribution in [2.75, 3.05) is 0 Å². The predicted octanol–water partition coefficient (Wildman–Crippen LogP) is 5.25. The van der Waals surface area contributed by atoms with Gasteiger partial charge in [0, 0.05) is 5.56 Å². The van der Waals surface area contributed by atoms with E-state index in [1.807, 2.05) is 0 Å². The van der Waals surface area contributed by atoms with Gasteiger partial charge < -0.3 is 0 Å². The molecule has 0 spiro atoms. The Morgan fingerprint density at radius 2 is 1.14 bits per heavy atom. The molecule has 0 N–H and O–H groups in total. The van der Waals surface area contributed by atoms with Crippen molar-refractivity contribution in [3.05, 3.63) is 42.0 Å². The van der Waals surface area contributed by atoms with E-state index < -0.39 is 29.5 Å². The first-order valence-electron chi connectivity index (χ1n) is 5.22. The molecule has 0 bridgehead atoms. The van der Waals surface area contributed by atoms with Crippen molar-refractivity contribution in [1.82, 2.24) is 0 Å². The average molecular weight is 322 g/mol. The minimum Gasteiger partial charge on any atom is -0.194 e. The molecule has 0 nitrogen and oxygen atoms in total. The third-order valence-electron chi connectivity index (χ3n) is 2.65. The van der Waals surface area contributed by atoms with E-state index in [2.05, 4.69) is 6.58 Å². The smallest absolute Gasteiger partial charge is 0.194 e. The number of rotatable bonds is 4. The zero-order valence-electron chi connectivity index (χ0n) is 10.00. The lowest BCUT2D eigenvalue weighted by atomic mass is 9.96. The second-order valence-corrected chi connectivity index (χ2v) is 4.05. The van der Waals surface area contributed by atoms with Crippen LogP contribution >= 0.6 is 0 Å². The fraction of sp³-hybridized carbons (Fsp3) is 0.333. The van der Waals surface area contributed by atoms with E-state index in [9.17, 15) is 39.5 Å². The van der Waals surface area contributed by atoms with Crippen molar-refractivity contribution >= 4 is 6.08 Å². The van der Waals surface area contributed by atoms with Crippen LogP contribution in [0.5, 0.6) is 0 Å². The highest BCUT2D eigenvalue weighted by Gasteiger charge is 2.81. The topological polar surface area (TPSA) is 0 Å². The minimum atomic E-state index is -6.89. The summed E-state index contributed by atoms with van der Waals surface area (Å²) in [4.78, 5) is 0. The molecule has 0 saturated heterocycles. The fourth-order valence-corrected chi connectivity index (χ4v) is 1.38. The fourth-order valence-electron chi connectivity index (χ4n) is 1.38. The third-order valence-corrected chi connectivity index (χ3v) is 2.65. The predicted molar refractivity (Wildman–Crippen MR) is 56.4 cm³/mol. The summed E-state index contributed by atoms with van der Waals surface area (Å²) >= 11 is 0. The molecule has 1 aromatic rings. The van der Waals surface area contributed by atoms with Gasteiger partial charge in [-0.3, -0.25) is 0 Å². The molecule has 0 heterocycles. The first-order chi connectivity index (χ1) is 9.29. The normalized spacial score (nSPS) is 14.1. The van der Waals surface area contributed by atoms with Crippen LogP contribution in [0.4, 0.5) is 39.5 Å². The quantitative estimate of drug-likeness (QED) is 0.664. The molecule has 9 heteroatoms. The Morgan fingerprint density at radius 3 is 1.48 bits per heavy atom. The lowest BCUT2D eigenvalue weighted by Gasteiger charge is -2.33. The maximum atomic E-state index is 13.4. The molecule has 0 atom stereocenters. The molecule has 21 heavy (non-hydrogen) atoms. The van der Waals surface area contributed by atoms with Crippen molar-refractivity contribution in [1.29, 1.82) is 0 Å². The highest BCUT2D eigenvalue weighted by molar-refractivity contribution is 5.47. The largest absolute Gasteiger partial charge is 0.460 e. The molecular formula is C12H7F9. The summed E-state index contributed by atoms with van der Waals surface area (Å²) < 4.78 is 114. The summed E-state index contributed by atoms with van der Waals surface area (Å²) in [6, 6.07) is 2.32. The highest BCUT2D eigenvalue weighted by atomic mass is 19.4. The van der Waals surface area contributed by atoms with Crippen LogP contribution in [0.25, 0.3) is 6.08 Å². The lowest BCUT2D eigenvalue weighted by molar-refractivity contribution is -0.399. The molecular weight excluding hydrogens is 315 g/mol. The van der Waals surface area contributed by atoms with Gasteiger partial charge in [-0.15, -0.1) is 0 Å². The summed E-state index contributed by atoms with van der Waals surface area (Å²) in [5, 5.41) is 0. The lowest BCUT2D eigenvalue weighted by Crippen LogP contribution is -2.59. The third kappa shape index (κ3) is 2.60. The Labute approximate surface area is 112 Å². The molecule has 0 amide bonds. The zero-order valence-corrected chi connectivity index (χ0v) is 10.00. The van der Waals surface area contributed by atoms with Crippen LogP contribution in [0.3, 0.4) is 0 Å². The van der Waals surface area contributed by atoms with Crippen LogP contribution in [0.15, 0.2) is 30.8 Å². The number of alkyl halides is 9. The van der Waals surface area contributed by atoms with E-state index in [0.29, 0.717) is 12.1 Å². The Hall–Kier alpha value is -1.67. The summed E-state index contributed by atoms with van der Waals surface area (Å²) in [6.45, 7) is 3.24. The van der Waals surface area contributed by atoms with Crippen LogP contribution in [0, 0.1) is 0 Å². The van der Waals surface area contributed by atoms with E-state index in [4.69, 9.17) is 0 Å².